The van der Waals surface area contributed by atoms with Crippen molar-refractivity contribution in [2.45, 2.75) is 38.8 Å². The number of rotatable bonds is 6. The molecule has 1 amide bonds. The summed E-state index contributed by atoms with van der Waals surface area (Å²) in [6, 6.07) is 8.17. The fraction of sp³-hybridized carbons (Fsp3) is 0.435. The fourth-order valence-electron chi connectivity index (χ4n) is 4.90. The molecule has 156 valence electrons. The Morgan fingerprint density at radius 1 is 1.27 bits per heavy atom. The summed E-state index contributed by atoms with van der Waals surface area (Å²) in [6.07, 6.45) is 6.25. The third-order valence-electron chi connectivity index (χ3n) is 6.32. The number of thiophene rings is 1. The summed E-state index contributed by atoms with van der Waals surface area (Å²) in [5.74, 6) is 2.73. The summed E-state index contributed by atoms with van der Waals surface area (Å²) < 4.78 is 5.91. The molecule has 3 atom stereocenters. The molecule has 1 aliphatic carbocycles. The zero-order valence-corrected chi connectivity index (χ0v) is 17.9. The van der Waals surface area contributed by atoms with Gasteiger partial charge in [0.15, 0.2) is 0 Å². The lowest BCUT2D eigenvalue weighted by Crippen LogP contribution is -2.52. The highest BCUT2D eigenvalue weighted by Gasteiger charge is 2.42. The van der Waals surface area contributed by atoms with E-state index in [4.69, 9.17) is 9.40 Å². The van der Waals surface area contributed by atoms with E-state index >= 15 is 0 Å². The summed E-state index contributed by atoms with van der Waals surface area (Å²) in [4.78, 5) is 25.0. The van der Waals surface area contributed by atoms with E-state index in [-0.39, 0.29) is 11.9 Å². The lowest BCUT2D eigenvalue weighted by atomic mass is 9.91. The van der Waals surface area contributed by atoms with E-state index in [0.717, 1.165) is 47.4 Å². The Morgan fingerprint density at radius 2 is 2.10 bits per heavy atom. The molecule has 2 fully saturated rings. The van der Waals surface area contributed by atoms with E-state index in [9.17, 15) is 4.79 Å². The van der Waals surface area contributed by atoms with E-state index in [0.29, 0.717) is 18.3 Å². The van der Waals surface area contributed by atoms with Gasteiger partial charge in [-0.05, 0) is 54.7 Å². The summed E-state index contributed by atoms with van der Waals surface area (Å²) >= 11 is 1.65. The number of aromatic nitrogens is 2. The number of nitrogens with one attached hydrogen (secondary N) is 1. The number of hydrogen-bond donors (Lipinski definition) is 1. The quantitative estimate of drug-likeness (QED) is 0.656. The molecule has 0 spiro atoms. The molecule has 5 rings (SSSR count). The van der Waals surface area contributed by atoms with Gasteiger partial charge in [0, 0.05) is 38.1 Å². The Balaban J connectivity index is 1.20. The van der Waals surface area contributed by atoms with Crippen LogP contribution in [0.2, 0.25) is 0 Å². The van der Waals surface area contributed by atoms with Crippen LogP contribution in [0.25, 0.3) is 10.8 Å². The Morgan fingerprint density at radius 3 is 2.80 bits per heavy atom. The number of pyridine rings is 1. The molecule has 1 saturated carbocycles. The normalized spacial score (nSPS) is 23.6. The first-order valence-electron chi connectivity index (χ1n) is 10.6. The summed E-state index contributed by atoms with van der Waals surface area (Å²) in [7, 11) is 0. The number of nitrogens with zero attached hydrogens (tertiary/aromatic N) is 3. The second-order valence-corrected chi connectivity index (χ2v) is 9.37. The highest BCUT2D eigenvalue weighted by molar-refractivity contribution is 7.13. The van der Waals surface area contributed by atoms with Crippen molar-refractivity contribution in [3.8, 4) is 10.8 Å². The number of carbonyl (C=O) groups is 1. The van der Waals surface area contributed by atoms with Gasteiger partial charge in [0.2, 0.25) is 11.8 Å². The van der Waals surface area contributed by atoms with Gasteiger partial charge >= 0.3 is 0 Å². The second kappa shape index (κ2) is 8.32. The molecule has 0 aromatic carbocycles. The molecule has 1 unspecified atom stereocenters. The maximum absolute atomic E-state index is 12.6. The van der Waals surface area contributed by atoms with Crippen LogP contribution in [0.4, 0.5) is 0 Å². The largest absolute Gasteiger partial charge is 0.440 e. The van der Waals surface area contributed by atoms with Gasteiger partial charge in [0.1, 0.15) is 5.76 Å². The number of oxazole rings is 1. The van der Waals surface area contributed by atoms with Gasteiger partial charge < -0.3 is 9.73 Å². The lowest BCUT2D eigenvalue weighted by Gasteiger charge is -2.38. The maximum atomic E-state index is 12.6. The Kier molecular flexibility index (Phi) is 5.39. The van der Waals surface area contributed by atoms with E-state index in [1.54, 1.807) is 23.7 Å². The van der Waals surface area contributed by atoms with Crippen LogP contribution in [-0.2, 0) is 17.8 Å². The van der Waals surface area contributed by atoms with Gasteiger partial charge in [0.05, 0.1) is 17.0 Å². The number of likely N-dealkylation sites (tertiary alicyclic amines) is 1. The molecule has 1 N–H and O–H groups in total. The van der Waals surface area contributed by atoms with Crippen LogP contribution < -0.4 is 5.32 Å². The standard InChI is InChI=1S/C23H26N4O2S/c1-15-19(25-23(29-15)20-5-3-9-30-20)14-27-12-17-6-7-18(13-27)22(17)26-21(28)10-16-4-2-8-24-11-16/h2-5,8-9,11,17-18,22H,6-7,10,12-14H2,1H3,(H,26,28)/t17-,18+,22?. The molecule has 3 aromatic heterocycles. The van der Waals surface area contributed by atoms with E-state index in [1.165, 1.54) is 12.8 Å². The lowest BCUT2D eigenvalue weighted by molar-refractivity contribution is -0.122. The third-order valence-corrected chi connectivity index (χ3v) is 7.18. The van der Waals surface area contributed by atoms with Crippen LogP contribution in [0.15, 0.2) is 46.5 Å². The Bertz CT molecular complexity index is 988. The molecular weight excluding hydrogens is 396 g/mol. The first-order chi connectivity index (χ1) is 14.7. The van der Waals surface area contributed by atoms with E-state index in [2.05, 4.69) is 15.2 Å². The molecule has 2 aliphatic rings. The number of hydrogen-bond acceptors (Lipinski definition) is 6. The number of amides is 1. The average Bonchev–Trinajstić information content (AvgIpc) is 3.43. The highest BCUT2D eigenvalue weighted by atomic mass is 32.1. The van der Waals surface area contributed by atoms with Crippen molar-refractivity contribution in [1.82, 2.24) is 20.2 Å². The van der Waals surface area contributed by atoms with Gasteiger partial charge in [-0.3, -0.25) is 14.7 Å². The van der Waals surface area contributed by atoms with Crippen LogP contribution in [0.5, 0.6) is 0 Å². The first kappa shape index (κ1) is 19.5. The van der Waals surface area contributed by atoms with Gasteiger partial charge in [-0.25, -0.2) is 4.98 Å². The monoisotopic (exact) mass is 422 g/mol. The third kappa shape index (κ3) is 4.04. The first-order valence-corrected chi connectivity index (χ1v) is 11.4. The zero-order valence-electron chi connectivity index (χ0n) is 17.1. The number of aryl methyl sites for hydroxylation is 1. The molecular formula is C23H26N4O2S. The van der Waals surface area contributed by atoms with Gasteiger partial charge in [-0.15, -0.1) is 11.3 Å². The smallest absolute Gasteiger partial charge is 0.236 e. The van der Waals surface area contributed by atoms with Crippen molar-refractivity contribution in [2.75, 3.05) is 13.1 Å². The fourth-order valence-corrected chi connectivity index (χ4v) is 5.55. The number of fused-ring (bicyclic) bond motifs is 2. The highest BCUT2D eigenvalue weighted by Crippen LogP contribution is 2.38. The predicted octanol–water partition coefficient (Wildman–Crippen LogP) is 3.68. The Labute approximate surface area is 180 Å². The van der Waals surface area contributed by atoms with Crippen molar-refractivity contribution in [3.63, 3.8) is 0 Å². The average molecular weight is 423 g/mol. The minimum atomic E-state index is 0.103. The molecule has 30 heavy (non-hydrogen) atoms. The Hall–Kier alpha value is -2.51. The van der Waals surface area contributed by atoms with Gasteiger partial charge in [0.25, 0.3) is 0 Å². The number of piperidine rings is 1. The van der Waals surface area contributed by atoms with Crippen LogP contribution in [-0.4, -0.2) is 39.9 Å². The summed E-state index contributed by atoms with van der Waals surface area (Å²) in [5, 5.41) is 5.36. The molecule has 6 nitrogen and oxygen atoms in total. The topological polar surface area (TPSA) is 71.3 Å². The molecule has 7 heteroatoms. The van der Waals surface area contributed by atoms with Gasteiger partial charge in [-0.1, -0.05) is 12.1 Å². The maximum Gasteiger partial charge on any atom is 0.236 e. The van der Waals surface area contributed by atoms with Crippen LogP contribution >= 0.6 is 11.3 Å². The van der Waals surface area contributed by atoms with Crippen molar-refractivity contribution in [2.24, 2.45) is 11.8 Å². The van der Waals surface area contributed by atoms with Gasteiger partial charge in [-0.2, -0.15) is 0 Å². The van der Waals surface area contributed by atoms with Crippen LogP contribution in [0, 0.1) is 18.8 Å². The van der Waals surface area contributed by atoms with E-state index < -0.39 is 0 Å². The van der Waals surface area contributed by atoms with Crippen molar-refractivity contribution in [1.29, 1.82) is 0 Å². The van der Waals surface area contributed by atoms with Crippen molar-refractivity contribution >= 4 is 17.2 Å². The summed E-state index contributed by atoms with van der Waals surface area (Å²) in [5.41, 5.74) is 1.99. The minimum absolute atomic E-state index is 0.103. The second-order valence-electron chi connectivity index (χ2n) is 8.42. The summed E-state index contributed by atoms with van der Waals surface area (Å²) in [6.45, 7) is 4.80. The molecule has 0 radical (unpaired) electrons. The molecule has 1 aliphatic heterocycles. The van der Waals surface area contributed by atoms with E-state index in [1.807, 2.05) is 36.6 Å². The molecule has 2 bridgehead atoms. The van der Waals surface area contributed by atoms with Crippen molar-refractivity contribution in [3.05, 3.63) is 59.1 Å². The number of carbonyl (C=O) groups excluding carboxylic acids is 1. The SMILES string of the molecule is Cc1oc(-c2cccs2)nc1CN1C[C@H]2CC[C@@H](C1)C2NC(=O)Cc1cccnc1. The zero-order chi connectivity index (χ0) is 20.5. The van der Waals surface area contributed by atoms with Crippen molar-refractivity contribution < 1.29 is 9.21 Å². The van der Waals surface area contributed by atoms with Crippen LogP contribution in [0.1, 0.15) is 29.9 Å². The van der Waals surface area contributed by atoms with Crippen LogP contribution in [0.3, 0.4) is 0 Å². The molecule has 3 aromatic rings. The predicted molar refractivity (Wildman–Crippen MR) is 116 cm³/mol. The molecule has 4 heterocycles. The molecule has 1 saturated heterocycles. The minimum Gasteiger partial charge on any atom is -0.440 e.